The average Bonchev–Trinajstić information content (AvgIpc) is 2.17. The van der Waals surface area contributed by atoms with Crippen molar-refractivity contribution in [3.8, 4) is 0 Å². The van der Waals surface area contributed by atoms with Gasteiger partial charge in [-0.05, 0) is 18.4 Å². The molecule has 0 amide bonds. The average molecular weight is 178 g/mol. The van der Waals surface area contributed by atoms with E-state index >= 15 is 0 Å². The van der Waals surface area contributed by atoms with E-state index in [0.29, 0.717) is 0 Å². The summed E-state index contributed by atoms with van der Waals surface area (Å²) in [5.41, 5.74) is 1.16. The molecule has 0 saturated carbocycles. The molecule has 0 aliphatic carbocycles. The van der Waals surface area contributed by atoms with Crippen molar-refractivity contribution in [2.24, 2.45) is 0 Å². The topological polar surface area (TPSA) is 0 Å². The molecule has 0 bridgehead atoms. The van der Waals surface area contributed by atoms with Crippen LogP contribution in [0.15, 0.2) is 37.0 Å². The first-order valence-electron chi connectivity index (χ1n) is 5.30. The van der Waals surface area contributed by atoms with Gasteiger partial charge in [0, 0.05) is 0 Å². The zero-order valence-electron chi connectivity index (χ0n) is 8.89. The quantitative estimate of drug-likeness (QED) is 0.375. The number of hydrogen-bond donors (Lipinski definition) is 0. The largest absolute Gasteiger partial charge is 0.0985 e. The van der Waals surface area contributed by atoms with Crippen LogP contribution in [-0.4, -0.2) is 0 Å². The van der Waals surface area contributed by atoms with Crippen LogP contribution in [0.3, 0.4) is 0 Å². The molecule has 0 rings (SSSR count). The highest BCUT2D eigenvalue weighted by Crippen LogP contribution is 2.07. The molecule has 0 aliphatic rings. The second-order valence-electron chi connectivity index (χ2n) is 3.32. The van der Waals surface area contributed by atoms with Crippen LogP contribution < -0.4 is 0 Å². The summed E-state index contributed by atoms with van der Waals surface area (Å²) in [5.74, 6) is 0. The van der Waals surface area contributed by atoms with Crippen molar-refractivity contribution in [1.82, 2.24) is 0 Å². The van der Waals surface area contributed by atoms with E-state index < -0.39 is 0 Å². The monoisotopic (exact) mass is 178 g/mol. The first kappa shape index (κ1) is 12.2. The highest BCUT2D eigenvalue weighted by Gasteiger charge is 1.87. The molecule has 13 heavy (non-hydrogen) atoms. The van der Waals surface area contributed by atoms with Gasteiger partial charge in [-0.15, -0.1) is 0 Å². The summed E-state index contributed by atoms with van der Waals surface area (Å²) in [6.07, 6.45) is 13.8. The lowest BCUT2D eigenvalue weighted by Crippen LogP contribution is -1.77. The van der Waals surface area contributed by atoms with Crippen molar-refractivity contribution >= 4 is 0 Å². The van der Waals surface area contributed by atoms with Crippen LogP contribution in [0.4, 0.5) is 0 Å². The Labute approximate surface area is 83.0 Å². The second-order valence-corrected chi connectivity index (χ2v) is 3.32. The molecule has 0 radical (unpaired) electrons. The number of hydrogen-bond acceptors (Lipinski definition) is 0. The Morgan fingerprint density at radius 3 is 2.15 bits per heavy atom. The molecule has 0 fully saturated rings. The fraction of sp³-hybridized carbons (Fsp3) is 0.538. The summed E-state index contributed by atoms with van der Waals surface area (Å²) in [4.78, 5) is 0. The zero-order chi connectivity index (χ0) is 9.94. The van der Waals surface area contributed by atoms with E-state index in [1.54, 1.807) is 0 Å². The van der Waals surface area contributed by atoms with Gasteiger partial charge in [-0.3, -0.25) is 0 Å². The highest BCUT2D eigenvalue weighted by molar-refractivity contribution is 5.26. The van der Waals surface area contributed by atoms with Gasteiger partial charge in [0.2, 0.25) is 0 Å². The van der Waals surface area contributed by atoms with E-state index in [-0.39, 0.29) is 0 Å². The second kappa shape index (κ2) is 9.31. The van der Waals surface area contributed by atoms with Gasteiger partial charge >= 0.3 is 0 Å². The van der Waals surface area contributed by atoms with E-state index in [4.69, 9.17) is 0 Å². The maximum Gasteiger partial charge on any atom is -0.0308 e. The van der Waals surface area contributed by atoms with Gasteiger partial charge in [0.25, 0.3) is 0 Å². The molecule has 0 heteroatoms. The molecule has 0 nitrogen and oxygen atoms in total. The van der Waals surface area contributed by atoms with Gasteiger partial charge in [0.05, 0.1) is 0 Å². The highest BCUT2D eigenvalue weighted by atomic mass is 13.9. The van der Waals surface area contributed by atoms with Crippen molar-refractivity contribution in [2.45, 2.75) is 45.4 Å². The predicted molar refractivity (Wildman–Crippen MR) is 61.9 cm³/mol. The molecule has 0 spiro atoms. The van der Waals surface area contributed by atoms with E-state index in [9.17, 15) is 0 Å². The third kappa shape index (κ3) is 7.58. The molecule has 0 atom stereocenters. The van der Waals surface area contributed by atoms with Crippen LogP contribution in [0.5, 0.6) is 0 Å². The summed E-state index contributed by atoms with van der Waals surface area (Å²) in [6, 6.07) is 0. The Morgan fingerprint density at radius 2 is 1.62 bits per heavy atom. The fourth-order valence-electron chi connectivity index (χ4n) is 1.27. The molecule has 0 N–H and O–H groups in total. The molecule has 0 heterocycles. The molecule has 0 aromatic heterocycles. The minimum absolute atomic E-state index is 1.16. The number of rotatable bonds is 8. The number of unbranched alkanes of at least 4 members (excludes halogenated alkanes) is 5. The van der Waals surface area contributed by atoms with Crippen LogP contribution in [0.2, 0.25) is 0 Å². The molecule has 0 aromatic carbocycles. The van der Waals surface area contributed by atoms with Crippen LogP contribution in [0.1, 0.15) is 45.4 Å². The van der Waals surface area contributed by atoms with Crippen molar-refractivity contribution in [2.75, 3.05) is 0 Å². The molecular formula is C13H22. The summed E-state index contributed by atoms with van der Waals surface area (Å²) < 4.78 is 0. The normalized spacial score (nSPS) is 9.31. The van der Waals surface area contributed by atoms with E-state index in [0.717, 1.165) is 12.0 Å². The first-order valence-corrected chi connectivity index (χ1v) is 5.30. The van der Waals surface area contributed by atoms with E-state index in [2.05, 4.69) is 26.2 Å². The summed E-state index contributed by atoms with van der Waals surface area (Å²) in [5, 5.41) is 0. The SMILES string of the molecule is C=CC(C=C)=CCCCCCCC. The molecular weight excluding hydrogens is 156 g/mol. The predicted octanol–water partition coefficient (Wildman–Crippen LogP) is 4.65. The van der Waals surface area contributed by atoms with Crippen LogP contribution in [-0.2, 0) is 0 Å². The van der Waals surface area contributed by atoms with Crippen LogP contribution in [0.25, 0.3) is 0 Å². The van der Waals surface area contributed by atoms with Crippen molar-refractivity contribution in [3.05, 3.63) is 37.0 Å². The molecule has 0 unspecified atom stereocenters. The van der Waals surface area contributed by atoms with Gasteiger partial charge in [-0.2, -0.15) is 0 Å². The minimum atomic E-state index is 1.16. The van der Waals surface area contributed by atoms with Crippen molar-refractivity contribution in [3.63, 3.8) is 0 Å². The van der Waals surface area contributed by atoms with Gasteiger partial charge in [0.1, 0.15) is 0 Å². The standard InChI is InChI=1S/C13H22/c1-4-7-8-9-10-11-12-13(5-2)6-3/h5-6,12H,2-4,7-11H2,1H3. The fourth-order valence-corrected chi connectivity index (χ4v) is 1.27. The van der Waals surface area contributed by atoms with Gasteiger partial charge in [0.15, 0.2) is 0 Å². The van der Waals surface area contributed by atoms with Gasteiger partial charge < -0.3 is 0 Å². The van der Waals surface area contributed by atoms with Crippen LogP contribution in [0, 0.1) is 0 Å². The Balaban J connectivity index is 3.37. The van der Waals surface area contributed by atoms with E-state index in [1.807, 2.05) is 12.2 Å². The maximum absolute atomic E-state index is 3.72. The molecule has 74 valence electrons. The Morgan fingerprint density at radius 1 is 1.00 bits per heavy atom. The smallest absolute Gasteiger partial charge is 0.0308 e. The van der Waals surface area contributed by atoms with Gasteiger partial charge in [-0.25, -0.2) is 0 Å². The molecule has 0 aromatic rings. The Bertz CT molecular complexity index is 153. The summed E-state index contributed by atoms with van der Waals surface area (Å²) >= 11 is 0. The minimum Gasteiger partial charge on any atom is -0.0985 e. The first-order chi connectivity index (χ1) is 6.35. The van der Waals surface area contributed by atoms with Crippen LogP contribution >= 0.6 is 0 Å². The zero-order valence-corrected chi connectivity index (χ0v) is 8.89. The number of allylic oxidation sites excluding steroid dienone is 4. The lowest BCUT2D eigenvalue weighted by Gasteiger charge is -1.97. The Kier molecular flexibility index (Phi) is 8.75. The Hall–Kier alpha value is -0.780. The summed E-state index contributed by atoms with van der Waals surface area (Å²) in [7, 11) is 0. The van der Waals surface area contributed by atoms with Crippen molar-refractivity contribution in [1.29, 1.82) is 0 Å². The third-order valence-corrected chi connectivity index (χ3v) is 2.16. The lowest BCUT2D eigenvalue weighted by atomic mass is 10.1. The molecule has 0 aliphatic heterocycles. The van der Waals surface area contributed by atoms with E-state index in [1.165, 1.54) is 32.1 Å². The lowest BCUT2D eigenvalue weighted by molar-refractivity contribution is 0.637. The van der Waals surface area contributed by atoms with Crippen molar-refractivity contribution < 1.29 is 0 Å². The van der Waals surface area contributed by atoms with Gasteiger partial charge in [-0.1, -0.05) is 64.0 Å². The molecule has 0 saturated heterocycles. The third-order valence-electron chi connectivity index (χ3n) is 2.16. The maximum atomic E-state index is 3.72. The summed E-state index contributed by atoms with van der Waals surface area (Å²) in [6.45, 7) is 9.68.